The van der Waals surface area contributed by atoms with E-state index >= 15 is 0 Å². The minimum absolute atomic E-state index is 0.0136. The second-order valence-electron chi connectivity index (χ2n) is 7.57. The molecule has 4 rings (SSSR count). The summed E-state index contributed by atoms with van der Waals surface area (Å²) >= 11 is 1.68. The zero-order valence-corrected chi connectivity index (χ0v) is 17.1. The molecule has 0 bridgehead atoms. The van der Waals surface area contributed by atoms with E-state index in [1.807, 2.05) is 30.3 Å². The zero-order chi connectivity index (χ0) is 19.5. The predicted octanol–water partition coefficient (Wildman–Crippen LogP) is 3.29. The second kappa shape index (κ2) is 8.55. The molecule has 1 atom stereocenters. The van der Waals surface area contributed by atoms with E-state index in [4.69, 9.17) is 4.98 Å². The number of hydrogen-bond acceptors (Lipinski definition) is 5. The summed E-state index contributed by atoms with van der Waals surface area (Å²) in [7, 11) is 0. The molecule has 5 nitrogen and oxygen atoms in total. The van der Waals surface area contributed by atoms with Gasteiger partial charge in [-0.15, -0.1) is 11.3 Å². The van der Waals surface area contributed by atoms with E-state index in [9.17, 15) is 9.90 Å². The number of H-pyrrole nitrogens is 1. The van der Waals surface area contributed by atoms with Gasteiger partial charge in [-0.1, -0.05) is 37.3 Å². The summed E-state index contributed by atoms with van der Waals surface area (Å²) in [6.45, 7) is 3.94. The van der Waals surface area contributed by atoms with Gasteiger partial charge in [0.05, 0.1) is 18.0 Å². The van der Waals surface area contributed by atoms with Gasteiger partial charge in [0, 0.05) is 11.4 Å². The van der Waals surface area contributed by atoms with Crippen LogP contribution in [-0.4, -0.2) is 39.2 Å². The van der Waals surface area contributed by atoms with Gasteiger partial charge in [0.25, 0.3) is 5.56 Å². The van der Waals surface area contributed by atoms with E-state index in [-0.39, 0.29) is 5.56 Å². The van der Waals surface area contributed by atoms with Gasteiger partial charge >= 0.3 is 0 Å². The number of nitrogens with one attached hydrogen (secondary N) is 1. The number of aliphatic hydroxyl groups excluding tert-OH is 1. The molecular formula is C22H27N3O2S. The summed E-state index contributed by atoms with van der Waals surface area (Å²) in [5.74, 6) is 0.685. The minimum Gasteiger partial charge on any atom is -0.391 e. The molecule has 28 heavy (non-hydrogen) atoms. The number of hydrogen-bond donors (Lipinski definition) is 2. The Morgan fingerprint density at radius 2 is 2.04 bits per heavy atom. The molecule has 1 aliphatic rings. The van der Waals surface area contributed by atoms with Crippen molar-refractivity contribution < 1.29 is 5.11 Å². The molecule has 0 spiro atoms. The summed E-state index contributed by atoms with van der Waals surface area (Å²) in [5.41, 5.74) is 2.33. The van der Waals surface area contributed by atoms with Crippen LogP contribution in [0.5, 0.6) is 0 Å². The highest BCUT2D eigenvalue weighted by molar-refractivity contribution is 7.18. The number of aromatic amines is 1. The molecule has 0 fully saturated rings. The Morgan fingerprint density at radius 3 is 2.82 bits per heavy atom. The normalized spacial score (nSPS) is 15.1. The van der Waals surface area contributed by atoms with Gasteiger partial charge in [-0.25, -0.2) is 4.98 Å². The van der Waals surface area contributed by atoms with Gasteiger partial charge < -0.3 is 10.1 Å². The van der Waals surface area contributed by atoms with Crippen LogP contribution in [0.2, 0.25) is 0 Å². The Hall–Kier alpha value is -2.02. The highest BCUT2D eigenvalue weighted by atomic mass is 32.1. The number of benzene rings is 1. The lowest BCUT2D eigenvalue weighted by atomic mass is 9.97. The van der Waals surface area contributed by atoms with Crippen LogP contribution in [0.25, 0.3) is 10.2 Å². The summed E-state index contributed by atoms with van der Waals surface area (Å²) in [4.78, 5) is 24.8. The summed E-state index contributed by atoms with van der Waals surface area (Å²) in [6.07, 6.45) is 4.59. The number of thiophene rings is 1. The third-order valence-corrected chi connectivity index (χ3v) is 6.66. The van der Waals surface area contributed by atoms with Crippen LogP contribution in [0.15, 0.2) is 35.1 Å². The Balaban J connectivity index is 1.49. The summed E-state index contributed by atoms with van der Waals surface area (Å²) in [6, 6.07) is 10.0. The number of aromatic nitrogens is 2. The molecule has 1 aliphatic carbocycles. The lowest BCUT2D eigenvalue weighted by Crippen LogP contribution is -2.34. The monoisotopic (exact) mass is 397 g/mol. The van der Waals surface area contributed by atoms with Gasteiger partial charge in [0.15, 0.2) is 0 Å². The fourth-order valence-corrected chi connectivity index (χ4v) is 5.33. The average molecular weight is 398 g/mol. The third kappa shape index (κ3) is 4.19. The van der Waals surface area contributed by atoms with E-state index in [1.165, 1.54) is 16.9 Å². The highest BCUT2D eigenvalue weighted by Gasteiger charge is 2.20. The van der Waals surface area contributed by atoms with E-state index in [1.54, 1.807) is 11.3 Å². The lowest BCUT2D eigenvalue weighted by molar-refractivity contribution is 0.110. The number of likely N-dealkylation sites (N-methyl/N-ethyl adjacent to an activating group) is 1. The van der Waals surface area contributed by atoms with E-state index in [2.05, 4.69) is 16.8 Å². The Kier molecular flexibility index (Phi) is 5.90. The van der Waals surface area contributed by atoms with Crippen LogP contribution in [-0.2, 0) is 25.8 Å². The standard InChI is InChI=1S/C22H27N3O2S/c1-2-25(13-16(26)12-15-8-4-3-5-9-15)14-19-23-21(27)20-17-10-6-7-11-18(17)28-22(20)24-19/h3-5,8-9,16,26H,2,6-7,10-14H2,1H3,(H,23,24,27)/t16-/m0/s1. The van der Waals surface area contributed by atoms with E-state index < -0.39 is 6.10 Å². The van der Waals surface area contributed by atoms with Crippen molar-refractivity contribution in [1.82, 2.24) is 14.9 Å². The van der Waals surface area contributed by atoms with Gasteiger partial charge in [-0.05, 0) is 49.8 Å². The van der Waals surface area contributed by atoms with Crippen molar-refractivity contribution in [2.24, 2.45) is 0 Å². The van der Waals surface area contributed by atoms with Crippen molar-refractivity contribution in [2.75, 3.05) is 13.1 Å². The van der Waals surface area contributed by atoms with Gasteiger partial charge in [0.1, 0.15) is 10.7 Å². The summed E-state index contributed by atoms with van der Waals surface area (Å²) in [5, 5.41) is 11.3. The number of aliphatic hydroxyl groups is 1. The molecule has 1 aromatic carbocycles. The largest absolute Gasteiger partial charge is 0.391 e. The molecule has 2 N–H and O–H groups in total. The highest BCUT2D eigenvalue weighted by Crippen LogP contribution is 2.33. The smallest absolute Gasteiger partial charge is 0.259 e. The first-order valence-corrected chi connectivity index (χ1v) is 10.9. The Bertz CT molecular complexity index is 996. The molecule has 6 heteroatoms. The number of nitrogens with zero attached hydrogens (tertiary/aromatic N) is 2. The maximum Gasteiger partial charge on any atom is 0.259 e. The number of rotatable bonds is 7. The molecule has 0 unspecified atom stereocenters. The van der Waals surface area contributed by atoms with E-state index in [0.29, 0.717) is 25.3 Å². The molecule has 0 amide bonds. The number of aryl methyl sites for hydroxylation is 2. The van der Waals surface area contributed by atoms with Crippen molar-refractivity contribution in [2.45, 2.75) is 51.7 Å². The maximum atomic E-state index is 12.7. The molecule has 3 aromatic rings. The molecular weight excluding hydrogens is 370 g/mol. The van der Waals surface area contributed by atoms with Crippen LogP contribution in [0.1, 0.15) is 41.6 Å². The van der Waals surface area contributed by atoms with Crippen LogP contribution < -0.4 is 5.56 Å². The van der Waals surface area contributed by atoms with Crippen LogP contribution >= 0.6 is 11.3 Å². The molecule has 0 saturated carbocycles. The molecule has 148 valence electrons. The lowest BCUT2D eigenvalue weighted by Gasteiger charge is -2.23. The van der Waals surface area contributed by atoms with Crippen molar-refractivity contribution in [1.29, 1.82) is 0 Å². The van der Waals surface area contributed by atoms with Gasteiger partial charge in [0.2, 0.25) is 0 Å². The predicted molar refractivity (Wildman–Crippen MR) is 114 cm³/mol. The molecule has 2 aromatic heterocycles. The maximum absolute atomic E-state index is 12.7. The minimum atomic E-state index is -0.452. The quantitative estimate of drug-likeness (QED) is 0.642. The Labute approximate surface area is 169 Å². The Morgan fingerprint density at radius 1 is 1.25 bits per heavy atom. The van der Waals surface area contributed by atoms with Gasteiger partial charge in [-0.3, -0.25) is 9.69 Å². The van der Waals surface area contributed by atoms with Crippen molar-refractivity contribution in [3.63, 3.8) is 0 Å². The fraction of sp³-hybridized carbons (Fsp3) is 0.455. The zero-order valence-electron chi connectivity index (χ0n) is 16.3. The van der Waals surface area contributed by atoms with E-state index in [0.717, 1.165) is 41.6 Å². The van der Waals surface area contributed by atoms with Crippen molar-refractivity contribution in [3.05, 3.63) is 62.5 Å². The first-order chi connectivity index (χ1) is 13.6. The molecule has 2 heterocycles. The van der Waals surface area contributed by atoms with Crippen molar-refractivity contribution >= 4 is 21.6 Å². The number of fused-ring (bicyclic) bond motifs is 3. The first-order valence-electron chi connectivity index (χ1n) is 10.1. The fourth-order valence-electron chi connectivity index (χ4n) is 4.05. The topological polar surface area (TPSA) is 69.2 Å². The SMILES string of the molecule is CCN(Cc1nc2sc3c(c2c(=O)[nH]1)CCCC3)C[C@@H](O)Cc1ccccc1. The van der Waals surface area contributed by atoms with Gasteiger partial charge in [-0.2, -0.15) is 0 Å². The third-order valence-electron chi connectivity index (χ3n) is 5.48. The van der Waals surface area contributed by atoms with Crippen LogP contribution in [0.3, 0.4) is 0 Å². The average Bonchev–Trinajstić information content (AvgIpc) is 3.07. The molecule has 0 saturated heterocycles. The van der Waals surface area contributed by atoms with Crippen molar-refractivity contribution in [3.8, 4) is 0 Å². The first kappa shape index (κ1) is 19.3. The van der Waals surface area contributed by atoms with Crippen LogP contribution in [0.4, 0.5) is 0 Å². The van der Waals surface area contributed by atoms with Crippen LogP contribution in [0, 0.1) is 0 Å². The second-order valence-corrected chi connectivity index (χ2v) is 8.66. The molecule has 0 aliphatic heterocycles. The molecule has 0 radical (unpaired) electrons. The summed E-state index contributed by atoms with van der Waals surface area (Å²) < 4.78 is 0.